The number of hydrogen-bond donors (Lipinski definition) is 1. The second-order valence-corrected chi connectivity index (χ2v) is 9.05. The Hall–Kier alpha value is -1.92. The highest BCUT2D eigenvalue weighted by Crippen LogP contribution is 2.38. The van der Waals surface area contributed by atoms with Crippen molar-refractivity contribution in [1.29, 1.82) is 0 Å². The van der Waals surface area contributed by atoms with Gasteiger partial charge in [0.1, 0.15) is 0 Å². The fraction of sp³-hybridized carbons (Fsp3) is 0.158. The maximum atomic E-state index is 13.0. The van der Waals surface area contributed by atoms with Crippen LogP contribution in [-0.2, 0) is 4.79 Å². The smallest absolute Gasteiger partial charge is 0.325 e. The van der Waals surface area contributed by atoms with Gasteiger partial charge >= 0.3 is 17.4 Å². The predicted molar refractivity (Wildman–Crippen MR) is 122 cm³/mol. The van der Waals surface area contributed by atoms with E-state index in [2.05, 4.69) is 55.2 Å². The summed E-state index contributed by atoms with van der Waals surface area (Å²) in [5, 5.41) is 5.08. The minimum Gasteiger partial charge on any atom is -0.445 e. The second kappa shape index (κ2) is 8.07. The van der Waals surface area contributed by atoms with Gasteiger partial charge in [0.05, 0.1) is 15.7 Å². The zero-order chi connectivity index (χ0) is 20.7. The third kappa shape index (κ3) is 3.57. The number of hydrogen-bond acceptors (Lipinski definition) is 5. The van der Waals surface area contributed by atoms with Crippen LogP contribution in [0.15, 0.2) is 61.8 Å². The average Bonchev–Trinajstić information content (AvgIpc) is 3.02. The molecule has 3 heterocycles. The normalized spacial score (nSPS) is 15.0. The molecule has 1 atom stereocenters. The van der Waals surface area contributed by atoms with E-state index in [1.54, 1.807) is 21.7 Å². The number of nitrogens with one attached hydrogen (secondary N) is 1. The molecule has 7 nitrogen and oxygen atoms in total. The van der Waals surface area contributed by atoms with Crippen LogP contribution in [0.4, 0.5) is 5.69 Å². The lowest BCUT2D eigenvalue weighted by molar-refractivity contribution is -0.764. The van der Waals surface area contributed by atoms with Gasteiger partial charge in [0.15, 0.2) is 9.53 Å². The van der Waals surface area contributed by atoms with Crippen molar-refractivity contribution in [3.8, 4) is 11.3 Å². The third-order valence-corrected chi connectivity index (χ3v) is 7.35. The van der Waals surface area contributed by atoms with Gasteiger partial charge < -0.3 is 4.42 Å². The number of anilines is 1. The number of fused-ring (bicyclic) bond motifs is 3. The van der Waals surface area contributed by atoms with E-state index in [-0.39, 0.29) is 11.5 Å². The summed E-state index contributed by atoms with van der Waals surface area (Å²) in [7, 11) is 0. The van der Waals surface area contributed by atoms with Crippen molar-refractivity contribution in [1.82, 2.24) is 10.1 Å². The number of carbonyl (C=O) groups excluding carboxylic acids is 1. The quantitative estimate of drug-likeness (QED) is 0.217. The SMILES string of the molecule is C=CCSc1n[n+]2c(c(=O)[nH]1)-c1ccccc1N(C(C)=O)[C@H]2c1cc(Br)c(I)o1. The Bertz CT molecular complexity index is 1170. The second-order valence-electron chi connectivity index (χ2n) is 6.20. The molecule has 0 bridgehead atoms. The molecule has 0 saturated carbocycles. The van der Waals surface area contributed by atoms with E-state index >= 15 is 0 Å². The average molecular weight is 586 g/mol. The van der Waals surface area contributed by atoms with Crippen LogP contribution in [0.1, 0.15) is 18.8 Å². The molecule has 1 aromatic carbocycles. The van der Waals surface area contributed by atoms with Gasteiger partial charge in [-0.3, -0.25) is 14.6 Å². The molecule has 1 amide bonds. The van der Waals surface area contributed by atoms with Crippen LogP contribution in [-0.4, -0.2) is 21.7 Å². The van der Waals surface area contributed by atoms with E-state index in [1.165, 1.54) is 18.7 Å². The summed E-state index contributed by atoms with van der Waals surface area (Å²) in [6, 6.07) is 9.08. The van der Waals surface area contributed by atoms with Crippen LogP contribution < -0.4 is 15.1 Å². The largest absolute Gasteiger partial charge is 0.445 e. The zero-order valence-electron chi connectivity index (χ0n) is 15.2. The predicted octanol–water partition coefficient (Wildman–Crippen LogP) is 3.88. The molecule has 10 heteroatoms. The van der Waals surface area contributed by atoms with E-state index in [0.717, 1.165) is 4.47 Å². The number of para-hydroxylation sites is 1. The molecule has 0 spiro atoms. The number of aromatic amines is 1. The number of amides is 1. The molecule has 148 valence electrons. The fourth-order valence-electron chi connectivity index (χ4n) is 3.26. The Morgan fingerprint density at radius 1 is 1.52 bits per heavy atom. The Morgan fingerprint density at radius 2 is 2.28 bits per heavy atom. The summed E-state index contributed by atoms with van der Waals surface area (Å²) in [5.74, 6) is 0.893. The first kappa shape index (κ1) is 20.4. The molecule has 1 aliphatic heterocycles. The van der Waals surface area contributed by atoms with Crippen LogP contribution >= 0.6 is 50.3 Å². The molecule has 3 aromatic rings. The van der Waals surface area contributed by atoms with Gasteiger partial charge in [-0.1, -0.05) is 30.0 Å². The van der Waals surface area contributed by atoms with Crippen molar-refractivity contribution in [3.05, 3.63) is 67.3 Å². The summed E-state index contributed by atoms with van der Waals surface area (Å²) >= 11 is 6.88. The number of carbonyl (C=O) groups is 1. The fourth-order valence-corrected chi connectivity index (χ4v) is 4.57. The molecule has 2 aromatic heterocycles. The first-order chi connectivity index (χ1) is 13.9. The van der Waals surface area contributed by atoms with Crippen LogP contribution in [0.5, 0.6) is 0 Å². The molecule has 4 rings (SSSR count). The lowest BCUT2D eigenvalue weighted by atomic mass is 10.0. The molecule has 0 radical (unpaired) electrons. The van der Waals surface area contributed by atoms with Crippen LogP contribution in [0.25, 0.3) is 11.3 Å². The number of H-pyrrole nitrogens is 1. The lowest BCUT2D eigenvalue weighted by Crippen LogP contribution is -2.60. The van der Waals surface area contributed by atoms with Crippen molar-refractivity contribution in [2.75, 3.05) is 10.7 Å². The Kier molecular flexibility index (Phi) is 5.67. The van der Waals surface area contributed by atoms with E-state index in [9.17, 15) is 9.59 Å². The zero-order valence-corrected chi connectivity index (χ0v) is 19.7. The summed E-state index contributed by atoms with van der Waals surface area (Å²) in [5.41, 5.74) is 1.35. The van der Waals surface area contributed by atoms with Crippen molar-refractivity contribution >= 4 is 61.9 Å². The number of rotatable bonds is 4. The highest BCUT2D eigenvalue weighted by Gasteiger charge is 2.46. The number of furan rings is 1. The summed E-state index contributed by atoms with van der Waals surface area (Å²) in [6.45, 7) is 5.19. The number of thioether (sulfide) groups is 1. The molecule has 0 unspecified atom stereocenters. The molecule has 0 fully saturated rings. The molecule has 0 saturated heterocycles. The number of nitrogens with zero attached hydrogens (tertiary/aromatic N) is 3. The van der Waals surface area contributed by atoms with E-state index in [4.69, 9.17) is 4.42 Å². The Labute approximate surface area is 192 Å². The van der Waals surface area contributed by atoms with Gasteiger partial charge in [0, 0.05) is 46.4 Å². The maximum Gasteiger partial charge on any atom is 0.325 e. The number of benzene rings is 1. The van der Waals surface area contributed by atoms with Crippen LogP contribution in [0.3, 0.4) is 0 Å². The molecule has 0 aliphatic carbocycles. The van der Waals surface area contributed by atoms with E-state index in [0.29, 0.717) is 37.4 Å². The highest BCUT2D eigenvalue weighted by atomic mass is 127. The number of halogens is 2. The highest BCUT2D eigenvalue weighted by molar-refractivity contribution is 14.1. The van der Waals surface area contributed by atoms with Crippen LogP contribution in [0, 0.1) is 3.77 Å². The first-order valence-corrected chi connectivity index (χ1v) is 11.4. The van der Waals surface area contributed by atoms with Gasteiger partial charge in [0.2, 0.25) is 11.1 Å². The minimum atomic E-state index is -0.734. The summed E-state index contributed by atoms with van der Waals surface area (Å²) in [4.78, 5) is 30.2. The molecular formula is C19H15BrIN4O3S+. The maximum absolute atomic E-state index is 13.0. The first-order valence-electron chi connectivity index (χ1n) is 8.56. The molecule has 1 aliphatic rings. The topological polar surface area (TPSA) is 83.1 Å². The summed E-state index contributed by atoms with van der Waals surface area (Å²) < 4.78 is 8.90. The van der Waals surface area contributed by atoms with Crippen molar-refractivity contribution in [2.45, 2.75) is 18.2 Å². The van der Waals surface area contributed by atoms with Crippen molar-refractivity contribution in [3.63, 3.8) is 0 Å². The monoisotopic (exact) mass is 585 g/mol. The standard InChI is InChI=1S/C19H14BrIN4O3S/c1-3-8-29-19-22-17(27)15-11-6-4-5-7-13(11)24(10(2)26)18(25(15)23-19)14-9-12(20)16(21)28-14/h3-7,9,18H,1,8H2,2H3/p+1/t18-/m1/s1. The molecule has 1 N–H and O–H groups in total. The van der Waals surface area contributed by atoms with Gasteiger partial charge in [-0.25, -0.2) is 4.90 Å². The van der Waals surface area contributed by atoms with Gasteiger partial charge in [0.25, 0.3) is 0 Å². The van der Waals surface area contributed by atoms with Gasteiger partial charge in [-0.05, 0) is 32.7 Å². The summed E-state index contributed by atoms with van der Waals surface area (Å²) in [6.07, 6.45) is 0.998. The number of aromatic nitrogens is 3. The third-order valence-electron chi connectivity index (χ3n) is 4.35. The lowest BCUT2D eigenvalue weighted by Gasteiger charge is -2.29. The van der Waals surface area contributed by atoms with Crippen molar-refractivity contribution < 1.29 is 13.9 Å². The van der Waals surface area contributed by atoms with E-state index < -0.39 is 6.17 Å². The van der Waals surface area contributed by atoms with Gasteiger partial charge in [-0.15, -0.1) is 6.58 Å². The Morgan fingerprint density at radius 3 is 2.93 bits per heavy atom. The minimum absolute atomic E-state index is 0.189. The van der Waals surface area contributed by atoms with Crippen molar-refractivity contribution in [2.24, 2.45) is 0 Å². The molecular weight excluding hydrogens is 571 g/mol. The molecule has 29 heavy (non-hydrogen) atoms. The van der Waals surface area contributed by atoms with E-state index in [1.807, 2.05) is 24.3 Å². The van der Waals surface area contributed by atoms with Gasteiger partial charge in [-0.2, -0.15) is 0 Å². The Balaban J connectivity index is 2.04. The van der Waals surface area contributed by atoms with Crippen LogP contribution in [0.2, 0.25) is 0 Å².